The molecule has 19 heavy (non-hydrogen) atoms. The van der Waals surface area contributed by atoms with E-state index in [-0.39, 0.29) is 6.61 Å². The molecule has 2 N–H and O–H groups in total. The monoisotopic (exact) mass is 275 g/mol. The molecule has 0 saturated heterocycles. The van der Waals surface area contributed by atoms with Crippen molar-refractivity contribution in [2.75, 3.05) is 0 Å². The number of nitrogens with one attached hydrogen (secondary N) is 1. The third kappa shape index (κ3) is 4.06. The van der Waals surface area contributed by atoms with E-state index in [0.717, 1.165) is 23.7 Å². The van der Waals surface area contributed by atoms with Crippen LogP contribution in [0.15, 0.2) is 42.5 Å². The Morgan fingerprint density at radius 1 is 1.00 bits per heavy atom. The second-order valence-corrected chi connectivity index (χ2v) is 5.09. The average molecular weight is 276 g/mol. The lowest BCUT2D eigenvalue weighted by Gasteiger charge is -2.08. The van der Waals surface area contributed by atoms with Crippen LogP contribution in [0.3, 0.4) is 0 Å². The Morgan fingerprint density at radius 3 is 2.32 bits per heavy atom. The minimum Gasteiger partial charge on any atom is -0.392 e. The fraction of sp³-hybridized carbons (Fsp3) is 0.250. The molecule has 2 nitrogen and oxygen atoms in total. The Bertz CT molecular complexity index is 537. The number of aryl methyl sites for hydroxylation is 1. The van der Waals surface area contributed by atoms with Gasteiger partial charge in [-0.1, -0.05) is 41.9 Å². The summed E-state index contributed by atoms with van der Waals surface area (Å²) in [6, 6.07) is 13.9. The van der Waals surface area contributed by atoms with Crippen molar-refractivity contribution >= 4 is 11.6 Å². The van der Waals surface area contributed by atoms with Crippen molar-refractivity contribution in [3.05, 3.63) is 69.7 Å². The highest BCUT2D eigenvalue weighted by Crippen LogP contribution is 2.15. The van der Waals surface area contributed by atoms with Gasteiger partial charge in [0.15, 0.2) is 0 Å². The maximum atomic E-state index is 8.98. The number of aliphatic hydroxyl groups excluding tert-OH is 1. The van der Waals surface area contributed by atoms with Crippen LogP contribution in [0.4, 0.5) is 0 Å². The predicted molar refractivity (Wildman–Crippen MR) is 79.1 cm³/mol. The fourth-order valence-corrected chi connectivity index (χ4v) is 2.19. The standard InChI is InChI=1S/C16H18ClNO/c1-12-8-16(17)7-6-15(12)10-18-9-13-2-4-14(11-19)5-3-13/h2-8,18-19H,9-11H2,1H3. The van der Waals surface area contributed by atoms with Gasteiger partial charge in [0.1, 0.15) is 0 Å². The number of hydrogen-bond acceptors (Lipinski definition) is 2. The normalized spacial score (nSPS) is 10.7. The Morgan fingerprint density at radius 2 is 1.68 bits per heavy atom. The molecule has 0 heterocycles. The van der Waals surface area contributed by atoms with Crippen LogP contribution in [0.1, 0.15) is 22.3 Å². The third-order valence-corrected chi connectivity index (χ3v) is 3.39. The van der Waals surface area contributed by atoms with E-state index in [1.165, 1.54) is 16.7 Å². The summed E-state index contributed by atoms with van der Waals surface area (Å²) in [5.74, 6) is 0. The minimum atomic E-state index is 0.0949. The molecule has 0 aromatic heterocycles. The molecule has 100 valence electrons. The fourth-order valence-electron chi connectivity index (χ4n) is 1.96. The summed E-state index contributed by atoms with van der Waals surface area (Å²) in [6.07, 6.45) is 0. The van der Waals surface area contributed by atoms with Crippen LogP contribution >= 0.6 is 11.6 Å². The molecule has 0 atom stereocenters. The molecule has 0 aliphatic rings. The van der Waals surface area contributed by atoms with Crippen LogP contribution in [0, 0.1) is 6.92 Å². The van der Waals surface area contributed by atoms with Gasteiger partial charge in [-0.2, -0.15) is 0 Å². The van der Waals surface area contributed by atoms with Crippen LogP contribution in [-0.4, -0.2) is 5.11 Å². The van der Waals surface area contributed by atoms with Crippen molar-refractivity contribution in [1.82, 2.24) is 5.32 Å². The first-order chi connectivity index (χ1) is 9.19. The second-order valence-electron chi connectivity index (χ2n) is 4.65. The smallest absolute Gasteiger partial charge is 0.0681 e. The SMILES string of the molecule is Cc1cc(Cl)ccc1CNCc1ccc(CO)cc1. The number of hydrogen-bond donors (Lipinski definition) is 2. The third-order valence-electron chi connectivity index (χ3n) is 3.15. The molecule has 0 spiro atoms. The molecule has 0 radical (unpaired) electrons. The highest BCUT2D eigenvalue weighted by Gasteiger charge is 1.99. The number of aliphatic hydroxyl groups is 1. The molecule has 0 aliphatic carbocycles. The van der Waals surface area contributed by atoms with Crippen LogP contribution in [0.2, 0.25) is 5.02 Å². The summed E-state index contributed by atoms with van der Waals surface area (Å²) in [7, 11) is 0. The van der Waals surface area contributed by atoms with Crippen LogP contribution in [0.5, 0.6) is 0 Å². The van der Waals surface area contributed by atoms with E-state index in [9.17, 15) is 0 Å². The topological polar surface area (TPSA) is 32.3 Å². The minimum absolute atomic E-state index is 0.0949. The number of halogens is 1. The number of benzene rings is 2. The van der Waals surface area contributed by atoms with E-state index in [0.29, 0.717) is 0 Å². The van der Waals surface area contributed by atoms with Crippen molar-refractivity contribution in [2.24, 2.45) is 0 Å². The summed E-state index contributed by atoms with van der Waals surface area (Å²) in [6.45, 7) is 3.80. The highest BCUT2D eigenvalue weighted by atomic mass is 35.5. The van der Waals surface area contributed by atoms with Crippen molar-refractivity contribution in [2.45, 2.75) is 26.6 Å². The zero-order valence-corrected chi connectivity index (χ0v) is 11.7. The van der Waals surface area contributed by atoms with Gasteiger partial charge in [0.05, 0.1) is 6.61 Å². The van der Waals surface area contributed by atoms with Gasteiger partial charge >= 0.3 is 0 Å². The van der Waals surface area contributed by atoms with Gasteiger partial charge in [0.25, 0.3) is 0 Å². The molecular weight excluding hydrogens is 258 g/mol. The van der Waals surface area contributed by atoms with Crippen molar-refractivity contribution in [1.29, 1.82) is 0 Å². The molecule has 0 bridgehead atoms. The van der Waals surface area contributed by atoms with Gasteiger partial charge in [0, 0.05) is 18.1 Å². The van der Waals surface area contributed by atoms with E-state index in [2.05, 4.69) is 18.3 Å². The van der Waals surface area contributed by atoms with Gasteiger partial charge in [-0.05, 0) is 41.3 Å². The molecular formula is C16H18ClNO. The molecule has 0 saturated carbocycles. The van der Waals surface area contributed by atoms with Gasteiger partial charge in [-0.15, -0.1) is 0 Å². The molecule has 0 amide bonds. The maximum absolute atomic E-state index is 8.98. The van der Waals surface area contributed by atoms with Crippen LogP contribution in [0.25, 0.3) is 0 Å². The van der Waals surface area contributed by atoms with Crippen molar-refractivity contribution in [3.63, 3.8) is 0 Å². The number of rotatable bonds is 5. The van der Waals surface area contributed by atoms with Crippen molar-refractivity contribution < 1.29 is 5.11 Å². The lowest BCUT2D eigenvalue weighted by molar-refractivity contribution is 0.282. The summed E-state index contributed by atoms with van der Waals surface area (Å²) in [4.78, 5) is 0. The molecule has 3 heteroatoms. The van der Waals surface area contributed by atoms with E-state index in [4.69, 9.17) is 16.7 Å². The average Bonchev–Trinajstić information content (AvgIpc) is 2.42. The zero-order chi connectivity index (χ0) is 13.7. The molecule has 0 aliphatic heterocycles. The van der Waals surface area contributed by atoms with Gasteiger partial charge < -0.3 is 10.4 Å². The zero-order valence-electron chi connectivity index (χ0n) is 11.0. The summed E-state index contributed by atoms with van der Waals surface area (Å²) < 4.78 is 0. The highest BCUT2D eigenvalue weighted by molar-refractivity contribution is 6.30. The van der Waals surface area contributed by atoms with Crippen LogP contribution < -0.4 is 5.32 Å². The Hall–Kier alpha value is -1.35. The predicted octanol–water partition coefficient (Wildman–Crippen LogP) is 3.43. The first-order valence-electron chi connectivity index (χ1n) is 6.33. The summed E-state index contributed by atoms with van der Waals surface area (Å²) in [5, 5.41) is 13.2. The Labute approximate surface area is 119 Å². The van der Waals surface area contributed by atoms with Gasteiger partial charge in [0.2, 0.25) is 0 Å². The first kappa shape index (κ1) is 14.1. The van der Waals surface area contributed by atoms with E-state index in [1.54, 1.807) is 0 Å². The summed E-state index contributed by atoms with van der Waals surface area (Å²) in [5.41, 5.74) is 4.62. The molecule has 2 aromatic rings. The molecule has 0 fully saturated rings. The van der Waals surface area contributed by atoms with Gasteiger partial charge in [-0.25, -0.2) is 0 Å². The Balaban J connectivity index is 1.88. The molecule has 2 aromatic carbocycles. The first-order valence-corrected chi connectivity index (χ1v) is 6.71. The molecule has 2 rings (SSSR count). The van der Waals surface area contributed by atoms with E-state index in [1.807, 2.05) is 36.4 Å². The quantitative estimate of drug-likeness (QED) is 0.876. The summed E-state index contributed by atoms with van der Waals surface area (Å²) >= 11 is 5.93. The largest absolute Gasteiger partial charge is 0.392 e. The second kappa shape index (κ2) is 6.71. The Kier molecular flexibility index (Phi) is 4.97. The van der Waals surface area contributed by atoms with E-state index >= 15 is 0 Å². The lowest BCUT2D eigenvalue weighted by atomic mass is 10.1. The van der Waals surface area contributed by atoms with Crippen LogP contribution in [-0.2, 0) is 19.7 Å². The van der Waals surface area contributed by atoms with E-state index < -0.39 is 0 Å². The molecule has 0 unspecified atom stereocenters. The maximum Gasteiger partial charge on any atom is 0.0681 e. The van der Waals surface area contributed by atoms with Gasteiger partial charge in [-0.3, -0.25) is 0 Å². The van der Waals surface area contributed by atoms with Crippen molar-refractivity contribution in [3.8, 4) is 0 Å². The lowest BCUT2D eigenvalue weighted by Crippen LogP contribution is -2.13.